The lowest BCUT2D eigenvalue weighted by Gasteiger charge is -2.14. The first-order chi connectivity index (χ1) is 18.3. The van der Waals surface area contributed by atoms with Crippen LogP contribution in [0.5, 0.6) is 11.5 Å². The van der Waals surface area contributed by atoms with Gasteiger partial charge in [-0.3, -0.25) is 19.3 Å². The van der Waals surface area contributed by atoms with Crippen molar-refractivity contribution in [3.63, 3.8) is 0 Å². The molecule has 1 fully saturated rings. The summed E-state index contributed by atoms with van der Waals surface area (Å²) in [5, 5.41) is 11.5. The zero-order valence-corrected chi connectivity index (χ0v) is 25.0. The molecule has 1 aliphatic heterocycles. The Hall–Kier alpha value is -3.09. The third-order valence-electron chi connectivity index (χ3n) is 5.38. The van der Waals surface area contributed by atoms with E-state index in [1.807, 2.05) is 24.3 Å². The Bertz CT molecular complexity index is 1490. The molecule has 0 bridgehead atoms. The van der Waals surface area contributed by atoms with Gasteiger partial charge < -0.3 is 14.8 Å². The summed E-state index contributed by atoms with van der Waals surface area (Å²) in [5.41, 5.74) is 2.39. The third kappa shape index (κ3) is 6.66. The second-order valence-corrected chi connectivity index (χ2v) is 11.3. The van der Waals surface area contributed by atoms with Crippen LogP contribution in [0.15, 0.2) is 65.6 Å². The number of methoxy groups -OCH3 is 1. The number of carbonyl (C=O) groups excluding carboxylic acids is 3. The smallest absolute Gasteiger partial charge is 0.294 e. The van der Waals surface area contributed by atoms with Crippen molar-refractivity contribution < 1.29 is 23.9 Å². The van der Waals surface area contributed by atoms with Gasteiger partial charge in [-0.15, -0.1) is 0 Å². The molecule has 38 heavy (non-hydrogen) atoms. The number of anilines is 1. The largest absolute Gasteiger partial charge is 0.497 e. The lowest BCUT2D eigenvalue weighted by atomic mass is 10.1. The average molecular weight is 751 g/mol. The van der Waals surface area contributed by atoms with E-state index >= 15 is 0 Å². The number of hydrogen-bond acceptors (Lipinski definition) is 7. The number of thioether (sulfide) groups is 1. The molecule has 3 aromatic carbocycles. The summed E-state index contributed by atoms with van der Waals surface area (Å²) < 4.78 is 12.9. The summed E-state index contributed by atoms with van der Waals surface area (Å²) in [6.45, 7) is -0.250. The molecular formula is C27H19I2N3O5S. The molecule has 192 valence electrons. The normalized spacial score (nSPS) is 13.9. The fourth-order valence-corrected chi connectivity index (χ4v) is 6.42. The fourth-order valence-electron chi connectivity index (χ4n) is 3.54. The minimum Gasteiger partial charge on any atom is -0.497 e. The zero-order valence-electron chi connectivity index (χ0n) is 19.9. The SMILES string of the molecule is COc1ccc(NC(=O)CN2C(=O)S/C(=C/c3cc(I)cc(I)c3OCc3ccccc3C#N)C2=O)cc1. The summed E-state index contributed by atoms with van der Waals surface area (Å²) >= 11 is 5.09. The van der Waals surface area contributed by atoms with Crippen molar-refractivity contribution in [3.8, 4) is 17.6 Å². The Kier molecular flexibility index (Phi) is 9.29. The van der Waals surface area contributed by atoms with E-state index in [2.05, 4.69) is 56.6 Å². The van der Waals surface area contributed by atoms with Crippen LogP contribution in [-0.2, 0) is 16.2 Å². The van der Waals surface area contributed by atoms with E-state index in [0.29, 0.717) is 28.3 Å². The number of ether oxygens (including phenoxy) is 2. The number of nitrogens with zero attached hydrogens (tertiary/aromatic N) is 2. The Morgan fingerprint density at radius 2 is 1.87 bits per heavy atom. The van der Waals surface area contributed by atoms with E-state index in [1.165, 1.54) is 0 Å². The Morgan fingerprint density at radius 1 is 1.13 bits per heavy atom. The summed E-state index contributed by atoms with van der Waals surface area (Å²) in [7, 11) is 1.54. The van der Waals surface area contributed by atoms with Crippen LogP contribution in [0, 0.1) is 18.5 Å². The molecule has 8 nitrogen and oxygen atoms in total. The van der Waals surface area contributed by atoms with E-state index < -0.39 is 23.6 Å². The molecule has 0 aliphatic carbocycles. The number of benzene rings is 3. The van der Waals surface area contributed by atoms with Crippen LogP contribution in [0.25, 0.3) is 6.08 Å². The second kappa shape index (κ2) is 12.6. The summed E-state index contributed by atoms with van der Waals surface area (Å²) in [6.07, 6.45) is 1.60. The van der Waals surface area contributed by atoms with Gasteiger partial charge in [0.25, 0.3) is 11.1 Å². The van der Waals surface area contributed by atoms with Crippen molar-refractivity contribution in [2.75, 3.05) is 19.0 Å². The standard InChI is InChI=1S/C27H19I2N3O5S/c1-36-21-8-6-20(7-9-21)31-24(33)14-32-26(34)23(38-27(32)35)11-18-10-19(28)12-22(29)25(18)37-15-17-5-3-2-4-16(17)13-30/h2-12H,14-15H2,1H3,(H,31,33)/b23-11+. The van der Waals surface area contributed by atoms with Crippen molar-refractivity contribution >= 4 is 85.8 Å². The van der Waals surface area contributed by atoms with Gasteiger partial charge >= 0.3 is 0 Å². The van der Waals surface area contributed by atoms with E-state index in [1.54, 1.807) is 49.6 Å². The second-order valence-electron chi connectivity index (χ2n) is 7.91. The van der Waals surface area contributed by atoms with Crippen LogP contribution in [-0.4, -0.2) is 35.6 Å². The lowest BCUT2D eigenvalue weighted by Crippen LogP contribution is -2.36. The van der Waals surface area contributed by atoms with Gasteiger partial charge in [0.1, 0.15) is 24.7 Å². The molecule has 0 atom stereocenters. The van der Waals surface area contributed by atoms with Gasteiger partial charge in [0.05, 0.1) is 27.2 Å². The van der Waals surface area contributed by atoms with E-state index in [-0.39, 0.29) is 11.5 Å². The Labute approximate surface area is 250 Å². The highest BCUT2D eigenvalue weighted by atomic mass is 127. The van der Waals surface area contributed by atoms with Crippen molar-refractivity contribution in [1.82, 2.24) is 4.90 Å². The molecular weight excluding hydrogens is 732 g/mol. The van der Waals surface area contributed by atoms with Gasteiger partial charge in [-0.25, -0.2) is 0 Å². The molecule has 4 rings (SSSR count). The number of nitriles is 1. The molecule has 3 aromatic rings. The first-order valence-electron chi connectivity index (χ1n) is 11.1. The lowest BCUT2D eigenvalue weighted by molar-refractivity contribution is -0.127. The molecule has 1 heterocycles. The van der Waals surface area contributed by atoms with Crippen LogP contribution in [0.1, 0.15) is 16.7 Å². The molecule has 11 heteroatoms. The Morgan fingerprint density at radius 3 is 2.58 bits per heavy atom. The van der Waals surface area contributed by atoms with Crippen LogP contribution in [0.3, 0.4) is 0 Å². The Balaban J connectivity index is 1.51. The molecule has 1 aliphatic rings. The average Bonchev–Trinajstić information content (AvgIpc) is 3.16. The molecule has 3 amide bonds. The van der Waals surface area contributed by atoms with Gasteiger partial charge in [-0.2, -0.15) is 5.26 Å². The number of hydrogen-bond donors (Lipinski definition) is 1. The van der Waals surface area contributed by atoms with Crippen LogP contribution in [0.4, 0.5) is 10.5 Å². The highest BCUT2D eigenvalue weighted by molar-refractivity contribution is 14.1. The maximum absolute atomic E-state index is 13.1. The maximum Gasteiger partial charge on any atom is 0.294 e. The highest BCUT2D eigenvalue weighted by Gasteiger charge is 2.36. The number of rotatable bonds is 8. The van der Waals surface area contributed by atoms with Crippen molar-refractivity contribution in [2.45, 2.75) is 6.61 Å². The monoisotopic (exact) mass is 751 g/mol. The number of nitrogens with one attached hydrogen (secondary N) is 1. The molecule has 1 saturated heterocycles. The predicted molar refractivity (Wildman–Crippen MR) is 162 cm³/mol. The highest BCUT2D eigenvalue weighted by Crippen LogP contribution is 2.36. The van der Waals surface area contributed by atoms with Gasteiger partial charge in [-0.05, 0) is 105 Å². The van der Waals surface area contributed by atoms with Gasteiger partial charge in [0.2, 0.25) is 5.91 Å². The van der Waals surface area contributed by atoms with Crippen LogP contribution in [0.2, 0.25) is 0 Å². The van der Waals surface area contributed by atoms with Crippen molar-refractivity contribution in [2.24, 2.45) is 0 Å². The van der Waals surface area contributed by atoms with Crippen LogP contribution < -0.4 is 14.8 Å². The van der Waals surface area contributed by atoms with Gasteiger partial charge in [0, 0.05) is 20.4 Å². The zero-order chi connectivity index (χ0) is 27.2. The molecule has 0 radical (unpaired) electrons. The molecule has 0 saturated carbocycles. The summed E-state index contributed by atoms with van der Waals surface area (Å²) in [6, 6.07) is 19.8. The predicted octanol–water partition coefficient (Wildman–Crippen LogP) is 6.03. The van der Waals surface area contributed by atoms with E-state index in [0.717, 1.165) is 29.4 Å². The minimum absolute atomic E-state index is 0.161. The third-order valence-corrected chi connectivity index (χ3v) is 7.71. The van der Waals surface area contributed by atoms with Crippen molar-refractivity contribution in [3.05, 3.63) is 89.4 Å². The van der Waals surface area contributed by atoms with Crippen molar-refractivity contribution in [1.29, 1.82) is 5.26 Å². The van der Waals surface area contributed by atoms with E-state index in [9.17, 15) is 19.6 Å². The quantitative estimate of drug-likeness (QED) is 0.221. The number of carbonyl (C=O) groups is 3. The van der Waals surface area contributed by atoms with Gasteiger partial charge in [-0.1, -0.05) is 18.2 Å². The maximum atomic E-state index is 13.1. The minimum atomic E-state index is -0.556. The fraction of sp³-hybridized carbons (Fsp3) is 0.111. The summed E-state index contributed by atoms with van der Waals surface area (Å²) in [4.78, 5) is 39.3. The first kappa shape index (κ1) is 27.9. The summed E-state index contributed by atoms with van der Waals surface area (Å²) in [5.74, 6) is 0.118. The van der Waals surface area contributed by atoms with E-state index in [4.69, 9.17) is 9.47 Å². The first-order valence-corrected chi connectivity index (χ1v) is 14.1. The molecule has 1 N–H and O–H groups in total. The number of amides is 3. The molecule has 0 spiro atoms. The number of halogens is 2. The van der Waals surface area contributed by atoms with Crippen LogP contribution >= 0.6 is 56.9 Å². The molecule has 0 unspecified atom stereocenters. The topological polar surface area (TPSA) is 109 Å². The number of imide groups is 1. The molecule has 0 aromatic heterocycles. The van der Waals surface area contributed by atoms with Gasteiger partial charge in [0.15, 0.2) is 0 Å².